The molecule has 1 aromatic carbocycles. The number of anilines is 3. The summed E-state index contributed by atoms with van der Waals surface area (Å²) >= 11 is 6.12. The number of aliphatic hydroxyl groups is 1. The average molecular weight is 438 g/mol. The molecule has 0 spiro atoms. The number of halogens is 3. The number of nitrogens with zero attached hydrogens (tertiary/aromatic N) is 4. The number of amides is 1. The van der Waals surface area contributed by atoms with Gasteiger partial charge < -0.3 is 21.1 Å². The fourth-order valence-corrected chi connectivity index (χ4v) is 2.72. The van der Waals surface area contributed by atoms with Crippen LogP contribution in [0, 0.1) is 11.6 Å². The number of aromatic nitrogens is 4. The molecule has 4 N–H and O–H groups in total. The lowest BCUT2D eigenvalue weighted by atomic mass is 10.1. The Kier molecular flexibility index (Phi) is 6.75. The molecule has 1 atom stereocenters. The Morgan fingerprint density at radius 1 is 1.27 bits per heavy atom. The smallest absolute Gasteiger partial charge is 0.241 e. The molecule has 0 aliphatic rings. The summed E-state index contributed by atoms with van der Waals surface area (Å²) < 4.78 is 28.4. The normalized spacial score (nSPS) is 11.8. The summed E-state index contributed by atoms with van der Waals surface area (Å²) in [4.78, 5) is 19.7. The molecule has 9 nitrogen and oxygen atoms in total. The summed E-state index contributed by atoms with van der Waals surface area (Å²) in [6, 6.07) is 2.09. The number of carbonyl (C=O) groups is 1. The van der Waals surface area contributed by atoms with Gasteiger partial charge in [0.15, 0.2) is 5.82 Å². The maximum absolute atomic E-state index is 13.5. The monoisotopic (exact) mass is 437 g/mol. The van der Waals surface area contributed by atoms with Crippen LogP contribution in [-0.2, 0) is 11.3 Å². The van der Waals surface area contributed by atoms with Gasteiger partial charge in [0.1, 0.15) is 23.2 Å². The summed E-state index contributed by atoms with van der Waals surface area (Å²) in [5.74, 6) is -1.44. The first-order valence-corrected chi connectivity index (χ1v) is 9.11. The van der Waals surface area contributed by atoms with Crippen molar-refractivity contribution in [1.82, 2.24) is 25.1 Å². The highest BCUT2D eigenvalue weighted by atomic mass is 35.5. The number of benzene rings is 1. The van der Waals surface area contributed by atoms with Gasteiger partial charge in [-0.3, -0.25) is 9.48 Å². The minimum atomic E-state index is -0.856. The lowest BCUT2D eigenvalue weighted by Crippen LogP contribution is -2.23. The lowest BCUT2D eigenvalue weighted by Gasteiger charge is -2.18. The number of nitrogens with one attached hydrogen (secondary N) is 3. The molecule has 158 valence electrons. The molecule has 0 bridgehead atoms. The Hall–Kier alpha value is -3.31. The van der Waals surface area contributed by atoms with Crippen molar-refractivity contribution in [3.8, 4) is 0 Å². The molecule has 1 unspecified atom stereocenters. The van der Waals surface area contributed by atoms with E-state index in [0.717, 1.165) is 18.2 Å². The van der Waals surface area contributed by atoms with E-state index in [4.69, 9.17) is 11.6 Å². The lowest BCUT2D eigenvalue weighted by molar-refractivity contribution is -0.121. The van der Waals surface area contributed by atoms with Crippen LogP contribution in [0.2, 0.25) is 5.02 Å². The van der Waals surface area contributed by atoms with Gasteiger partial charge >= 0.3 is 0 Å². The van der Waals surface area contributed by atoms with E-state index in [1.54, 1.807) is 6.20 Å². The van der Waals surface area contributed by atoms with Crippen LogP contribution >= 0.6 is 11.6 Å². The van der Waals surface area contributed by atoms with Crippen molar-refractivity contribution in [2.75, 3.05) is 24.3 Å². The summed E-state index contributed by atoms with van der Waals surface area (Å²) in [6.45, 7) is -0.410. The van der Waals surface area contributed by atoms with Crippen LogP contribution in [-0.4, -0.2) is 44.4 Å². The van der Waals surface area contributed by atoms with Gasteiger partial charge in [0, 0.05) is 19.3 Å². The zero-order valence-corrected chi connectivity index (χ0v) is 16.5. The Bertz CT molecular complexity index is 1030. The second kappa shape index (κ2) is 9.46. The molecule has 30 heavy (non-hydrogen) atoms. The Balaban J connectivity index is 1.77. The van der Waals surface area contributed by atoms with E-state index in [1.807, 2.05) is 0 Å². The van der Waals surface area contributed by atoms with Crippen LogP contribution in [0.25, 0.3) is 0 Å². The number of likely N-dealkylation sites (N-methyl/N-ethyl adjacent to an activating group) is 1. The van der Waals surface area contributed by atoms with Crippen LogP contribution in [0.4, 0.5) is 26.2 Å². The van der Waals surface area contributed by atoms with Gasteiger partial charge in [-0.25, -0.2) is 13.8 Å². The summed E-state index contributed by atoms with van der Waals surface area (Å²) in [5.41, 5.74) is 0.716. The van der Waals surface area contributed by atoms with Gasteiger partial charge in [0.25, 0.3) is 0 Å². The fourth-order valence-electron chi connectivity index (χ4n) is 2.57. The third-order valence-electron chi connectivity index (χ3n) is 4.00. The minimum absolute atomic E-state index is 0.0504. The molecule has 0 fully saturated rings. The highest BCUT2D eigenvalue weighted by molar-refractivity contribution is 6.32. The molecule has 2 aromatic heterocycles. The predicted octanol–water partition coefficient (Wildman–Crippen LogP) is 2.24. The van der Waals surface area contributed by atoms with E-state index in [1.165, 1.54) is 24.1 Å². The van der Waals surface area contributed by atoms with E-state index in [-0.39, 0.29) is 34.8 Å². The molecule has 1 amide bonds. The van der Waals surface area contributed by atoms with Crippen molar-refractivity contribution in [2.24, 2.45) is 0 Å². The van der Waals surface area contributed by atoms with Gasteiger partial charge in [-0.1, -0.05) is 11.6 Å². The van der Waals surface area contributed by atoms with Crippen LogP contribution in [0.3, 0.4) is 0 Å². The van der Waals surface area contributed by atoms with E-state index in [9.17, 15) is 18.7 Å². The zero-order valence-electron chi connectivity index (χ0n) is 15.7. The molecule has 0 saturated heterocycles. The van der Waals surface area contributed by atoms with E-state index in [0.29, 0.717) is 5.69 Å². The number of hydrogen-bond donors (Lipinski definition) is 4. The molecular formula is C18H18ClF2N7O2. The second-order valence-corrected chi connectivity index (χ2v) is 6.60. The largest absolute Gasteiger partial charge is 0.394 e. The van der Waals surface area contributed by atoms with Gasteiger partial charge in [-0.2, -0.15) is 10.1 Å². The highest BCUT2D eigenvalue weighted by Gasteiger charge is 2.16. The molecule has 0 radical (unpaired) electrons. The van der Waals surface area contributed by atoms with E-state index < -0.39 is 24.3 Å². The van der Waals surface area contributed by atoms with Crippen molar-refractivity contribution in [1.29, 1.82) is 0 Å². The SMILES string of the molecule is CNC(=O)Cn1cc(Nc2ncc(Cl)c(NC(CO)c3cc(F)cc(F)c3)n2)cn1. The first-order chi connectivity index (χ1) is 14.4. The number of carbonyl (C=O) groups excluding carboxylic acids is 1. The Labute approximate surface area is 175 Å². The van der Waals surface area contributed by atoms with Crippen LogP contribution in [0.15, 0.2) is 36.8 Å². The van der Waals surface area contributed by atoms with Crippen LogP contribution in [0.5, 0.6) is 0 Å². The third kappa shape index (κ3) is 5.39. The van der Waals surface area contributed by atoms with Crippen molar-refractivity contribution in [2.45, 2.75) is 12.6 Å². The summed E-state index contributed by atoms with van der Waals surface area (Å²) in [7, 11) is 1.53. The molecule has 0 saturated carbocycles. The van der Waals surface area contributed by atoms with Gasteiger partial charge in [0.05, 0.1) is 30.7 Å². The number of aliphatic hydroxyl groups excluding tert-OH is 1. The van der Waals surface area contributed by atoms with E-state index in [2.05, 4.69) is 31.0 Å². The van der Waals surface area contributed by atoms with Gasteiger partial charge in [0.2, 0.25) is 11.9 Å². The molecule has 2 heterocycles. The maximum atomic E-state index is 13.5. The zero-order chi connectivity index (χ0) is 21.7. The molecule has 3 rings (SSSR count). The van der Waals surface area contributed by atoms with Crippen LogP contribution in [0.1, 0.15) is 11.6 Å². The predicted molar refractivity (Wildman–Crippen MR) is 106 cm³/mol. The van der Waals surface area contributed by atoms with Crippen molar-refractivity contribution in [3.05, 3.63) is 59.0 Å². The van der Waals surface area contributed by atoms with Gasteiger partial charge in [-0.05, 0) is 17.7 Å². The molecule has 12 heteroatoms. The summed E-state index contributed by atoms with van der Waals surface area (Å²) in [5, 5.41) is 22.1. The fraction of sp³-hybridized carbons (Fsp3) is 0.222. The molecule has 3 aromatic rings. The average Bonchev–Trinajstić information content (AvgIpc) is 3.14. The first-order valence-electron chi connectivity index (χ1n) is 8.74. The minimum Gasteiger partial charge on any atom is -0.394 e. The molecular weight excluding hydrogens is 420 g/mol. The highest BCUT2D eigenvalue weighted by Crippen LogP contribution is 2.26. The van der Waals surface area contributed by atoms with Crippen LogP contribution < -0.4 is 16.0 Å². The standard InChI is InChI=1S/C18H18ClF2N7O2/c1-22-16(30)8-28-7-13(5-24-28)25-18-23-6-14(19)17(27-18)26-15(9-29)10-2-11(20)4-12(21)3-10/h2-7,15,29H,8-9H2,1H3,(H,22,30)(H2,23,25,26,27). The molecule has 0 aliphatic carbocycles. The van der Waals surface area contributed by atoms with Gasteiger partial charge in [-0.15, -0.1) is 0 Å². The van der Waals surface area contributed by atoms with E-state index >= 15 is 0 Å². The number of hydrogen-bond acceptors (Lipinski definition) is 7. The topological polar surface area (TPSA) is 117 Å². The Morgan fingerprint density at radius 3 is 2.67 bits per heavy atom. The molecule has 0 aliphatic heterocycles. The quantitative estimate of drug-likeness (QED) is 0.427. The third-order valence-corrected chi connectivity index (χ3v) is 4.28. The maximum Gasteiger partial charge on any atom is 0.241 e. The van der Waals surface area contributed by atoms with Crippen molar-refractivity contribution < 1.29 is 18.7 Å². The first kappa shape index (κ1) is 21.4. The Morgan fingerprint density at radius 2 is 2.00 bits per heavy atom. The number of rotatable bonds is 8. The summed E-state index contributed by atoms with van der Waals surface area (Å²) in [6.07, 6.45) is 4.40. The van der Waals surface area contributed by atoms with Crippen molar-refractivity contribution in [3.63, 3.8) is 0 Å². The van der Waals surface area contributed by atoms with Crippen molar-refractivity contribution >= 4 is 35.0 Å². The second-order valence-electron chi connectivity index (χ2n) is 6.20.